The van der Waals surface area contributed by atoms with Gasteiger partial charge in [-0.1, -0.05) is 35.5 Å². The molecule has 2 aromatic rings. The SMILES string of the molecule is Cc1cc(NC(=O)CN2CCN(C(=O)C(c3ccccc3)N3CCS(=O)(=O)CC3)CC2)no1. The van der Waals surface area contributed by atoms with Gasteiger partial charge in [-0.05, 0) is 12.5 Å². The summed E-state index contributed by atoms with van der Waals surface area (Å²) in [6.45, 7) is 4.81. The zero-order valence-electron chi connectivity index (χ0n) is 18.6. The first-order chi connectivity index (χ1) is 15.8. The third-order valence-corrected chi connectivity index (χ3v) is 7.65. The van der Waals surface area contributed by atoms with Crippen LogP contribution in [0.25, 0.3) is 0 Å². The molecule has 2 saturated heterocycles. The molecule has 0 spiro atoms. The van der Waals surface area contributed by atoms with Gasteiger partial charge in [-0.25, -0.2) is 8.42 Å². The maximum atomic E-state index is 13.6. The molecule has 3 heterocycles. The van der Waals surface area contributed by atoms with Crippen molar-refractivity contribution in [2.45, 2.75) is 13.0 Å². The molecule has 0 radical (unpaired) electrons. The summed E-state index contributed by atoms with van der Waals surface area (Å²) >= 11 is 0. The first-order valence-electron chi connectivity index (χ1n) is 11.0. The summed E-state index contributed by atoms with van der Waals surface area (Å²) in [7, 11) is -3.04. The molecule has 2 aliphatic heterocycles. The molecule has 4 rings (SSSR count). The van der Waals surface area contributed by atoms with Gasteiger partial charge in [-0.15, -0.1) is 0 Å². The molecule has 178 valence electrons. The Kier molecular flexibility index (Phi) is 7.11. The van der Waals surface area contributed by atoms with Crippen LogP contribution in [0.15, 0.2) is 40.9 Å². The van der Waals surface area contributed by atoms with Gasteiger partial charge in [0.25, 0.3) is 0 Å². The number of amides is 2. The summed E-state index contributed by atoms with van der Waals surface area (Å²) in [5, 5.41) is 6.48. The van der Waals surface area contributed by atoms with Crippen LogP contribution in [0.5, 0.6) is 0 Å². The van der Waals surface area contributed by atoms with Crippen molar-refractivity contribution in [2.75, 3.05) is 62.6 Å². The van der Waals surface area contributed by atoms with Crippen LogP contribution in [-0.2, 0) is 19.4 Å². The molecule has 2 aliphatic rings. The smallest absolute Gasteiger partial charge is 0.244 e. The number of carbonyl (C=O) groups is 2. The second kappa shape index (κ2) is 10.0. The van der Waals surface area contributed by atoms with Crippen molar-refractivity contribution >= 4 is 27.5 Å². The van der Waals surface area contributed by atoms with Crippen LogP contribution >= 0.6 is 0 Å². The standard InChI is InChI=1S/C22H29N5O5S/c1-17-15-19(24-32-17)23-20(28)16-25-7-9-27(10-8-25)22(29)21(18-5-3-2-4-6-18)26-11-13-33(30,31)14-12-26/h2-6,15,21H,7-14,16H2,1H3,(H,23,24,28). The van der Waals surface area contributed by atoms with E-state index in [9.17, 15) is 18.0 Å². The number of carbonyl (C=O) groups excluding carboxylic acids is 2. The average molecular weight is 476 g/mol. The fourth-order valence-corrected chi connectivity index (χ4v) is 5.47. The number of hydrogen-bond donors (Lipinski definition) is 1. The lowest BCUT2D eigenvalue weighted by atomic mass is 10.0. The number of rotatable bonds is 6. The largest absolute Gasteiger partial charge is 0.360 e. The number of aryl methyl sites for hydroxylation is 1. The van der Waals surface area contributed by atoms with E-state index >= 15 is 0 Å². The molecular weight excluding hydrogens is 446 g/mol. The summed E-state index contributed by atoms with van der Waals surface area (Å²) in [6, 6.07) is 10.7. The Morgan fingerprint density at radius 3 is 2.33 bits per heavy atom. The fourth-order valence-electron chi connectivity index (χ4n) is 4.24. The zero-order valence-corrected chi connectivity index (χ0v) is 19.5. The molecule has 2 amide bonds. The number of hydrogen-bond acceptors (Lipinski definition) is 8. The lowest BCUT2D eigenvalue weighted by molar-refractivity contribution is -0.139. The molecule has 0 saturated carbocycles. The second-order valence-electron chi connectivity index (χ2n) is 8.47. The van der Waals surface area contributed by atoms with Crippen molar-refractivity contribution in [3.63, 3.8) is 0 Å². The number of benzene rings is 1. The third kappa shape index (κ3) is 5.98. The van der Waals surface area contributed by atoms with E-state index in [0.717, 1.165) is 5.56 Å². The maximum absolute atomic E-state index is 13.6. The fraction of sp³-hybridized carbons (Fsp3) is 0.500. The minimum absolute atomic E-state index is 0.0253. The molecule has 1 aromatic carbocycles. The molecule has 0 bridgehead atoms. The van der Waals surface area contributed by atoms with Crippen molar-refractivity contribution in [1.29, 1.82) is 0 Å². The Hall–Kier alpha value is -2.76. The predicted molar refractivity (Wildman–Crippen MR) is 122 cm³/mol. The number of nitrogens with zero attached hydrogens (tertiary/aromatic N) is 4. The quantitative estimate of drug-likeness (QED) is 0.644. The van der Waals surface area contributed by atoms with Crippen LogP contribution < -0.4 is 5.32 Å². The van der Waals surface area contributed by atoms with Gasteiger partial charge in [-0.3, -0.25) is 19.4 Å². The predicted octanol–water partition coefficient (Wildman–Crippen LogP) is 0.537. The van der Waals surface area contributed by atoms with Gasteiger partial charge in [0.05, 0.1) is 18.1 Å². The van der Waals surface area contributed by atoms with Crippen LogP contribution in [0.2, 0.25) is 0 Å². The van der Waals surface area contributed by atoms with E-state index in [0.29, 0.717) is 50.8 Å². The number of anilines is 1. The van der Waals surface area contributed by atoms with Crippen molar-refractivity contribution < 1.29 is 22.5 Å². The molecule has 1 N–H and O–H groups in total. The molecule has 33 heavy (non-hydrogen) atoms. The molecular formula is C22H29N5O5S. The molecule has 1 atom stereocenters. The van der Waals surface area contributed by atoms with E-state index in [-0.39, 0.29) is 29.9 Å². The Bertz CT molecular complexity index is 1070. The molecule has 1 aromatic heterocycles. The van der Waals surface area contributed by atoms with Crippen LogP contribution in [0, 0.1) is 6.92 Å². The van der Waals surface area contributed by atoms with Gasteiger partial charge in [0.1, 0.15) is 11.8 Å². The summed E-state index contributed by atoms with van der Waals surface area (Å²) in [5.41, 5.74) is 0.867. The van der Waals surface area contributed by atoms with Gasteiger partial charge in [0.2, 0.25) is 11.8 Å². The van der Waals surface area contributed by atoms with Gasteiger partial charge < -0.3 is 14.7 Å². The Balaban J connectivity index is 1.36. The van der Waals surface area contributed by atoms with Gasteiger partial charge >= 0.3 is 0 Å². The van der Waals surface area contributed by atoms with E-state index in [2.05, 4.69) is 10.5 Å². The minimum Gasteiger partial charge on any atom is -0.360 e. The van der Waals surface area contributed by atoms with E-state index in [4.69, 9.17) is 4.52 Å². The Labute approximate surface area is 193 Å². The Morgan fingerprint density at radius 2 is 1.73 bits per heavy atom. The number of aromatic nitrogens is 1. The van der Waals surface area contributed by atoms with Gasteiger partial charge in [0, 0.05) is 45.3 Å². The van der Waals surface area contributed by atoms with Crippen LogP contribution in [0.4, 0.5) is 5.82 Å². The molecule has 1 unspecified atom stereocenters. The highest BCUT2D eigenvalue weighted by Crippen LogP contribution is 2.26. The van der Waals surface area contributed by atoms with Gasteiger partial charge in [0.15, 0.2) is 15.7 Å². The number of nitrogens with one attached hydrogen (secondary N) is 1. The van der Waals surface area contributed by atoms with Crippen LogP contribution in [0.1, 0.15) is 17.4 Å². The highest BCUT2D eigenvalue weighted by molar-refractivity contribution is 7.91. The van der Waals surface area contributed by atoms with Crippen molar-refractivity contribution in [1.82, 2.24) is 19.9 Å². The lowest BCUT2D eigenvalue weighted by Gasteiger charge is -2.40. The van der Waals surface area contributed by atoms with Crippen molar-refractivity contribution in [3.8, 4) is 0 Å². The molecule has 2 fully saturated rings. The summed E-state index contributed by atoms with van der Waals surface area (Å²) < 4.78 is 28.8. The second-order valence-corrected chi connectivity index (χ2v) is 10.8. The highest BCUT2D eigenvalue weighted by atomic mass is 32.2. The van der Waals surface area contributed by atoms with E-state index < -0.39 is 15.9 Å². The summed E-state index contributed by atoms with van der Waals surface area (Å²) in [5.74, 6) is 0.939. The van der Waals surface area contributed by atoms with E-state index in [1.54, 1.807) is 13.0 Å². The zero-order chi connectivity index (χ0) is 23.4. The van der Waals surface area contributed by atoms with E-state index in [1.807, 2.05) is 45.0 Å². The summed E-state index contributed by atoms with van der Waals surface area (Å²) in [6.07, 6.45) is 0. The van der Waals surface area contributed by atoms with Crippen molar-refractivity contribution in [3.05, 3.63) is 47.7 Å². The van der Waals surface area contributed by atoms with Crippen molar-refractivity contribution in [2.24, 2.45) is 0 Å². The maximum Gasteiger partial charge on any atom is 0.244 e. The molecule has 0 aliphatic carbocycles. The first-order valence-corrected chi connectivity index (χ1v) is 12.9. The molecule has 11 heteroatoms. The monoisotopic (exact) mass is 475 g/mol. The third-order valence-electron chi connectivity index (χ3n) is 6.04. The highest BCUT2D eigenvalue weighted by Gasteiger charge is 2.36. The number of piperazine rings is 1. The van der Waals surface area contributed by atoms with Crippen LogP contribution in [0.3, 0.4) is 0 Å². The summed E-state index contributed by atoms with van der Waals surface area (Å²) in [4.78, 5) is 31.6. The minimum atomic E-state index is -3.04. The first kappa shape index (κ1) is 23.4. The average Bonchev–Trinajstić information content (AvgIpc) is 3.20. The Morgan fingerprint density at radius 1 is 1.06 bits per heavy atom. The van der Waals surface area contributed by atoms with Crippen LogP contribution in [-0.4, -0.2) is 97.4 Å². The molecule has 10 nitrogen and oxygen atoms in total. The topological polar surface area (TPSA) is 116 Å². The van der Waals surface area contributed by atoms with Gasteiger partial charge in [-0.2, -0.15) is 0 Å². The lowest BCUT2D eigenvalue weighted by Crippen LogP contribution is -2.54. The van der Waals surface area contributed by atoms with E-state index in [1.165, 1.54) is 0 Å². The normalized spacial score (nSPS) is 20.3. The number of sulfone groups is 1.